The average Bonchev–Trinajstić information content (AvgIpc) is 1.54. The van der Waals surface area contributed by atoms with Crippen molar-refractivity contribution in [3.8, 4) is 0 Å². The monoisotopic (exact) mass is 126 g/mol. The Hall–Kier alpha value is -0.0400. The van der Waals surface area contributed by atoms with Crippen molar-refractivity contribution in [2.24, 2.45) is 10.8 Å². The highest BCUT2D eigenvalue weighted by Crippen LogP contribution is 2.74. The molecule has 52 valence electrons. The van der Waals surface area contributed by atoms with E-state index in [-0.39, 0.29) is 6.10 Å². The van der Waals surface area contributed by atoms with Crippen LogP contribution in [0.2, 0.25) is 0 Å². The van der Waals surface area contributed by atoms with Crippen molar-refractivity contribution in [3.63, 3.8) is 0 Å². The first-order chi connectivity index (χ1) is 4.06. The zero-order valence-electron chi connectivity index (χ0n) is 6.15. The third kappa shape index (κ3) is 0.493. The molecule has 1 nitrogen and oxygen atoms in total. The normalized spacial score (nSPS) is 57.7. The van der Waals surface area contributed by atoms with E-state index >= 15 is 0 Å². The predicted molar refractivity (Wildman–Crippen MR) is 36.1 cm³/mol. The summed E-state index contributed by atoms with van der Waals surface area (Å²) in [7, 11) is 0. The van der Waals surface area contributed by atoms with Crippen LogP contribution in [0.5, 0.6) is 0 Å². The summed E-state index contributed by atoms with van der Waals surface area (Å²) in [5.41, 5.74) is 1.03. The van der Waals surface area contributed by atoms with Crippen molar-refractivity contribution in [2.45, 2.75) is 39.2 Å². The fourth-order valence-electron chi connectivity index (χ4n) is 2.84. The molecule has 3 aliphatic rings. The molecule has 0 heterocycles. The van der Waals surface area contributed by atoms with Gasteiger partial charge in [-0.15, -0.1) is 0 Å². The van der Waals surface area contributed by atoms with E-state index in [4.69, 9.17) is 0 Å². The minimum absolute atomic E-state index is 0.0562. The van der Waals surface area contributed by atoms with E-state index in [0.29, 0.717) is 10.8 Å². The lowest BCUT2D eigenvalue weighted by molar-refractivity contribution is -0.240. The number of hydrogen-bond donors (Lipinski definition) is 1. The molecule has 0 amide bonds. The zero-order valence-corrected chi connectivity index (χ0v) is 6.15. The molecule has 9 heavy (non-hydrogen) atoms. The Morgan fingerprint density at radius 1 is 1.33 bits per heavy atom. The van der Waals surface area contributed by atoms with Gasteiger partial charge < -0.3 is 5.11 Å². The second kappa shape index (κ2) is 1.20. The first kappa shape index (κ1) is 5.72. The molecule has 0 aliphatic heterocycles. The Morgan fingerprint density at radius 2 is 1.78 bits per heavy atom. The maximum atomic E-state index is 9.28. The Bertz CT molecular complexity index is 129. The molecule has 0 aromatic rings. The van der Waals surface area contributed by atoms with Crippen LogP contribution in [0.3, 0.4) is 0 Å². The number of aliphatic hydroxyl groups excluding tert-OH is 1. The predicted octanol–water partition coefficient (Wildman–Crippen LogP) is 1.56. The maximum Gasteiger partial charge on any atom is 0.0568 e. The zero-order chi connectivity index (χ0) is 6.70. The van der Waals surface area contributed by atoms with Crippen LogP contribution in [-0.2, 0) is 0 Å². The minimum atomic E-state index is -0.0562. The highest BCUT2D eigenvalue weighted by Gasteiger charge is 2.66. The quantitative estimate of drug-likeness (QED) is 0.565. The molecule has 0 unspecified atom stereocenters. The molecular weight excluding hydrogens is 112 g/mol. The van der Waals surface area contributed by atoms with Gasteiger partial charge >= 0.3 is 0 Å². The largest absolute Gasteiger partial charge is 0.393 e. The summed E-state index contributed by atoms with van der Waals surface area (Å²) in [6.45, 7) is 4.25. The molecule has 3 rings (SSSR count). The van der Waals surface area contributed by atoms with Crippen LogP contribution in [0.15, 0.2) is 0 Å². The standard InChI is InChI=1S/C8H14O/c1-6(9)8-3-7(2,4-8)5-8/h6,9H,3-5H2,1-2H3/t6-,7?,8?/m1/s1. The van der Waals surface area contributed by atoms with Crippen molar-refractivity contribution < 1.29 is 5.11 Å². The lowest BCUT2D eigenvalue weighted by Gasteiger charge is -2.71. The van der Waals surface area contributed by atoms with Crippen LogP contribution in [0.1, 0.15) is 33.1 Å². The van der Waals surface area contributed by atoms with Crippen LogP contribution < -0.4 is 0 Å². The van der Waals surface area contributed by atoms with E-state index in [1.807, 2.05) is 6.92 Å². The lowest BCUT2D eigenvalue weighted by atomic mass is 9.34. The molecule has 0 aromatic heterocycles. The highest BCUT2D eigenvalue weighted by molar-refractivity contribution is 5.16. The molecule has 0 saturated heterocycles. The smallest absolute Gasteiger partial charge is 0.0568 e. The number of aliphatic hydroxyl groups is 1. The van der Waals surface area contributed by atoms with Crippen LogP contribution in [0.25, 0.3) is 0 Å². The van der Waals surface area contributed by atoms with E-state index in [1.54, 1.807) is 0 Å². The highest BCUT2D eigenvalue weighted by atomic mass is 16.3. The second-order valence-corrected chi connectivity index (χ2v) is 4.38. The molecule has 1 heteroatoms. The van der Waals surface area contributed by atoms with Crippen molar-refractivity contribution in [2.75, 3.05) is 0 Å². The molecule has 1 N–H and O–H groups in total. The summed E-state index contributed by atoms with van der Waals surface area (Å²) >= 11 is 0. The third-order valence-electron chi connectivity index (χ3n) is 3.22. The molecule has 1 atom stereocenters. The van der Waals surface area contributed by atoms with Gasteiger partial charge in [-0.1, -0.05) is 6.92 Å². The minimum Gasteiger partial charge on any atom is -0.393 e. The summed E-state index contributed by atoms with van der Waals surface area (Å²) in [5.74, 6) is 0. The van der Waals surface area contributed by atoms with Gasteiger partial charge in [0.15, 0.2) is 0 Å². The molecule has 0 radical (unpaired) electrons. The molecule has 0 aromatic carbocycles. The van der Waals surface area contributed by atoms with Gasteiger partial charge in [-0.05, 0) is 37.0 Å². The van der Waals surface area contributed by atoms with Gasteiger partial charge in [0.05, 0.1) is 6.10 Å². The van der Waals surface area contributed by atoms with Gasteiger partial charge in [0, 0.05) is 0 Å². The summed E-state index contributed by atoms with van der Waals surface area (Å²) in [6.07, 6.45) is 3.77. The molecular formula is C8H14O. The van der Waals surface area contributed by atoms with E-state index in [1.165, 1.54) is 19.3 Å². The van der Waals surface area contributed by atoms with Gasteiger partial charge in [0.1, 0.15) is 0 Å². The summed E-state index contributed by atoms with van der Waals surface area (Å²) < 4.78 is 0. The number of hydrogen-bond acceptors (Lipinski definition) is 1. The number of rotatable bonds is 1. The Kier molecular flexibility index (Phi) is 0.760. The Morgan fingerprint density at radius 3 is 1.89 bits per heavy atom. The van der Waals surface area contributed by atoms with Gasteiger partial charge in [-0.3, -0.25) is 0 Å². The van der Waals surface area contributed by atoms with Crippen LogP contribution in [-0.4, -0.2) is 11.2 Å². The Labute approximate surface area is 56.1 Å². The van der Waals surface area contributed by atoms with Gasteiger partial charge in [-0.25, -0.2) is 0 Å². The van der Waals surface area contributed by atoms with Crippen molar-refractivity contribution in [3.05, 3.63) is 0 Å². The fourth-order valence-corrected chi connectivity index (χ4v) is 2.84. The maximum absolute atomic E-state index is 9.28. The van der Waals surface area contributed by atoms with E-state index in [9.17, 15) is 5.11 Å². The van der Waals surface area contributed by atoms with Gasteiger partial charge in [0.2, 0.25) is 0 Å². The molecule has 3 fully saturated rings. The first-order valence-electron chi connectivity index (χ1n) is 3.75. The van der Waals surface area contributed by atoms with Gasteiger partial charge in [-0.2, -0.15) is 0 Å². The van der Waals surface area contributed by atoms with E-state index in [2.05, 4.69) is 6.92 Å². The van der Waals surface area contributed by atoms with Crippen molar-refractivity contribution >= 4 is 0 Å². The SMILES string of the molecule is C[C@@H](O)C12CC(C)(C1)C2. The van der Waals surface area contributed by atoms with E-state index < -0.39 is 0 Å². The second-order valence-electron chi connectivity index (χ2n) is 4.38. The average molecular weight is 126 g/mol. The summed E-state index contributed by atoms with van der Waals surface area (Å²) in [6, 6.07) is 0. The van der Waals surface area contributed by atoms with Gasteiger partial charge in [0.25, 0.3) is 0 Å². The van der Waals surface area contributed by atoms with Crippen LogP contribution in [0, 0.1) is 10.8 Å². The lowest BCUT2D eigenvalue weighted by Crippen LogP contribution is -2.64. The van der Waals surface area contributed by atoms with Crippen LogP contribution >= 0.6 is 0 Å². The molecule has 3 saturated carbocycles. The van der Waals surface area contributed by atoms with E-state index in [0.717, 1.165) is 0 Å². The van der Waals surface area contributed by atoms with Crippen LogP contribution in [0.4, 0.5) is 0 Å². The molecule has 2 bridgehead atoms. The van der Waals surface area contributed by atoms with Crippen molar-refractivity contribution in [1.29, 1.82) is 0 Å². The Balaban J connectivity index is 2.04. The third-order valence-corrected chi connectivity index (χ3v) is 3.22. The summed E-state index contributed by atoms with van der Waals surface area (Å²) in [5, 5.41) is 9.28. The molecule has 3 aliphatic carbocycles. The molecule has 0 spiro atoms. The first-order valence-corrected chi connectivity index (χ1v) is 3.75. The van der Waals surface area contributed by atoms with Crippen molar-refractivity contribution in [1.82, 2.24) is 0 Å². The topological polar surface area (TPSA) is 20.2 Å². The summed E-state index contributed by atoms with van der Waals surface area (Å²) in [4.78, 5) is 0. The fraction of sp³-hybridized carbons (Fsp3) is 1.00.